The lowest BCUT2D eigenvalue weighted by Gasteiger charge is -2.50. The lowest BCUT2D eigenvalue weighted by molar-refractivity contribution is 0.108. The Labute approximate surface area is 130 Å². The summed E-state index contributed by atoms with van der Waals surface area (Å²) in [7, 11) is -3.69. The average Bonchev–Trinajstić information content (AvgIpc) is 2.45. The van der Waals surface area contributed by atoms with E-state index in [1.54, 1.807) is 6.07 Å². The quantitative estimate of drug-likeness (QED) is 0.832. The molecule has 7 heteroatoms. The summed E-state index contributed by atoms with van der Waals surface area (Å²) in [5.41, 5.74) is 4.29. The molecule has 0 aliphatic heterocycles. The van der Waals surface area contributed by atoms with Crippen LogP contribution in [0.15, 0.2) is 28.3 Å². The summed E-state index contributed by atoms with van der Waals surface area (Å²) in [4.78, 5) is 4.08. The summed E-state index contributed by atoms with van der Waals surface area (Å²) in [5, 5.41) is 9.67. The van der Waals surface area contributed by atoms with Crippen LogP contribution in [0.5, 0.6) is 0 Å². The molecular formula is C15H20N4O2S. The summed E-state index contributed by atoms with van der Waals surface area (Å²) in [6.07, 6.45) is 7.81. The number of nitrogens with two attached hydrogens (primary N) is 1. The van der Waals surface area contributed by atoms with Gasteiger partial charge in [0.25, 0.3) is 0 Å². The van der Waals surface area contributed by atoms with Crippen molar-refractivity contribution in [3.8, 4) is 0 Å². The molecule has 0 atom stereocenters. The van der Waals surface area contributed by atoms with Crippen LogP contribution in [-0.4, -0.2) is 19.1 Å². The van der Waals surface area contributed by atoms with Gasteiger partial charge < -0.3 is 0 Å². The van der Waals surface area contributed by atoms with E-state index in [1.807, 2.05) is 0 Å². The molecule has 3 N–H and O–H groups in total. The predicted molar refractivity (Wildman–Crippen MR) is 83.7 cm³/mol. The molecule has 0 spiro atoms. The molecule has 4 aliphatic carbocycles. The van der Waals surface area contributed by atoms with Gasteiger partial charge in [0.1, 0.15) is 10.7 Å². The van der Waals surface area contributed by atoms with E-state index in [0.717, 1.165) is 11.8 Å². The molecule has 1 aromatic heterocycles. The molecule has 118 valence electrons. The Morgan fingerprint density at radius 1 is 1.09 bits per heavy atom. The molecule has 0 unspecified atom stereocenters. The zero-order valence-electron chi connectivity index (χ0n) is 12.3. The molecule has 0 amide bonds. The highest BCUT2D eigenvalue weighted by Crippen LogP contribution is 2.52. The highest BCUT2D eigenvalue weighted by molar-refractivity contribution is 7.89. The number of anilines is 1. The minimum absolute atomic E-state index is 0.0142. The summed E-state index contributed by atoms with van der Waals surface area (Å²) in [6.45, 7) is 0. The van der Waals surface area contributed by atoms with Crippen molar-refractivity contribution in [1.82, 2.24) is 4.98 Å². The predicted octanol–water partition coefficient (Wildman–Crippen LogP) is 1.95. The van der Waals surface area contributed by atoms with Gasteiger partial charge in [-0.25, -0.2) is 18.5 Å². The van der Waals surface area contributed by atoms with Crippen LogP contribution >= 0.6 is 0 Å². The van der Waals surface area contributed by atoms with Gasteiger partial charge in [0, 0.05) is 11.9 Å². The SMILES string of the molecule is NS(=O)(=O)c1ccc(NN=C2C3CC4CC(C3)CC2C4)nc1. The maximum absolute atomic E-state index is 11.2. The van der Waals surface area contributed by atoms with Crippen molar-refractivity contribution in [2.75, 3.05) is 5.43 Å². The number of hydrazone groups is 1. The Morgan fingerprint density at radius 3 is 2.23 bits per heavy atom. The maximum Gasteiger partial charge on any atom is 0.239 e. The number of hydrogen-bond donors (Lipinski definition) is 2. The fourth-order valence-corrected chi connectivity index (χ4v) is 5.04. The highest BCUT2D eigenvalue weighted by atomic mass is 32.2. The smallest absolute Gasteiger partial charge is 0.239 e. The van der Waals surface area contributed by atoms with Crippen LogP contribution in [-0.2, 0) is 10.0 Å². The molecule has 22 heavy (non-hydrogen) atoms. The second-order valence-electron chi connectivity index (χ2n) is 6.88. The molecule has 4 fully saturated rings. The van der Waals surface area contributed by atoms with Crippen molar-refractivity contribution in [2.24, 2.45) is 33.9 Å². The molecule has 6 nitrogen and oxygen atoms in total. The number of nitrogens with one attached hydrogen (secondary N) is 1. The van der Waals surface area contributed by atoms with Gasteiger partial charge in [-0.15, -0.1) is 0 Å². The zero-order chi connectivity index (χ0) is 15.3. The molecule has 4 saturated carbocycles. The van der Waals surface area contributed by atoms with Crippen molar-refractivity contribution in [3.05, 3.63) is 18.3 Å². The van der Waals surface area contributed by atoms with Crippen molar-refractivity contribution in [2.45, 2.75) is 37.0 Å². The van der Waals surface area contributed by atoms with E-state index in [2.05, 4.69) is 15.5 Å². The van der Waals surface area contributed by atoms with Crippen LogP contribution < -0.4 is 10.6 Å². The number of primary sulfonamides is 1. The normalized spacial score (nSPS) is 33.0. The van der Waals surface area contributed by atoms with E-state index in [1.165, 1.54) is 50.1 Å². The summed E-state index contributed by atoms with van der Waals surface area (Å²) in [6, 6.07) is 3.04. The molecule has 1 heterocycles. The van der Waals surface area contributed by atoms with Crippen LogP contribution in [0.1, 0.15) is 32.1 Å². The Balaban J connectivity index is 1.50. The summed E-state index contributed by atoms with van der Waals surface area (Å²) in [5.74, 6) is 3.64. The topological polar surface area (TPSA) is 97.4 Å². The third kappa shape index (κ3) is 2.52. The van der Waals surface area contributed by atoms with E-state index >= 15 is 0 Å². The first-order chi connectivity index (χ1) is 10.5. The standard InChI is InChI=1S/C15H20N4O2S/c16-22(20,21)13-1-2-14(17-8-13)18-19-15-11-4-9-3-10(6-11)7-12(15)5-9/h1-2,8-12H,3-7H2,(H,17,18)(H2,16,20,21). The number of pyridine rings is 1. The van der Waals surface area contributed by atoms with Gasteiger partial charge in [-0.2, -0.15) is 5.10 Å². The maximum atomic E-state index is 11.2. The zero-order valence-corrected chi connectivity index (χ0v) is 13.1. The first-order valence-corrected chi connectivity index (χ1v) is 9.36. The van der Waals surface area contributed by atoms with E-state index in [9.17, 15) is 8.42 Å². The van der Waals surface area contributed by atoms with Gasteiger partial charge in [0.2, 0.25) is 10.0 Å². The van der Waals surface area contributed by atoms with E-state index in [0.29, 0.717) is 17.7 Å². The lowest BCUT2D eigenvalue weighted by atomic mass is 9.55. The van der Waals surface area contributed by atoms with E-state index < -0.39 is 10.0 Å². The van der Waals surface area contributed by atoms with Crippen molar-refractivity contribution in [3.63, 3.8) is 0 Å². The lowest BCUT2D eigenvalue weighted by Crippen LogP contribution is -2.45. The minimum atomic E-state index is -3.69. The number of aromatic nitrogens is 1. The Hall–Kier alpha value is -1.47. The second-order valence-corrected chi connectivity index (χ2v) is 8.44. The minimum Gasteiger partial charge on any atom is -0.261 e. The van der Waals surface area contributed by atoms with Crippen LogP contribution in [0.4, 0.5) is 5.82 Å². The molecule has 5 rings (SSSR count). The van der Waals surface area contributed by atoms with Gasteiger partial charge in [-0.05, 0) is 67.9 Å². The molecule has 0 radical (unpaired) electrons. The van der Waals surface area contributed by atoms with Gasteiger partial charge in [0.05, 0.1) is 0 Å². The molecule has 1 aromatic rings. The van der Waals surface area contributed by atoms with Crippen molar-refractivity contribution in [1.29, 1.82) is 0 Å². The molecule has 0 saturated heterocycles. The molecular weight excluding hydrogens is 300 g/mol. The Morgan fingerprint density at radius 2 is 1.73 bits per heavy atom. The third-order valence-corrected chi connectivity index (χ3v) is 6.24. The average molecular weight is 320 g/mol. The molecule has 4 aliphatic rings. The fourth-order valence-electron chi connectivity index (χ4n) is 4.59. The largest absolute Gasteiger partial charge is 0.261 e. The monoisotopic (exact) mass is 320 g/mol. The molecule has 0 aromatic carbocycles. The van der Waals surface area contributed by atoms with Gasteiger partial charge in [-0.1, -0.05) is 0 Å². The first kappa shape index (κ1) is 14.1. The number of rotatable bonds is 3. The third-order valence-electron chi connectivity index (χ3n) is 5.34. The van der Waals surface area contributed by atoms with E-state index in [4.69, 9.17) is 5.14 Å². The van der Waals surface area contributed by atoms with Gasteiger partial charge >= 0.3 is 0 Å². The van der Waals surface area contributed by atoms with Crippen LogP contribution in [0.2, 0.25) is 0 Å². The summed E-state index contributed by atoms with van der Waals surface area (Å²) >= 11 is 0. The van der Waals surface area contributed by atoms with Gasteiger partial charge in [-0.3, -0.25) is 5.43 Å². The Bertz CT molecular complexity index is 682. The Kier molecular flexibility index (Phi) is 3.23. The van der Waals surface area contributed by atoms with Crippen molar-refractivity contribution >= 4 is 21.6 Å². The number of nitrogens with zero attached hydrogens (tertiary/aromatic N) is 2. The van der Waals surface area contributed by atoms with E-state index in [-0.39, 0.29) is 4.90 Å². The van der Waals surface area contributed by atoms with Crippen LogP contribution in [0.25, 0.3) is 0 Å². The number of hydrogen-bond acceptors (Lipinski definition) is 5. The first-order valence-electron chi connectivity index (χ1n) is 7.81. The van der Waals surface area contributed by atoms with Crippen LogP contribution in [0, 0.1) is 23.7 Å². The number of sulfonamides is 1. The van der Waals surface area contributed by atoms with Crippen LogP contribution in [0.3, 0.4) is 0 Å². The fraction of sp³-hybridized carbons (Fsp3) is 0.600. The second kappa shape index (κ2) is 5.03. The summed E-state index contributed by atoms with van der Waals surface area (Å²) < 4.78 is 22.4. The van der Waals surface area contributed by atoms with Gasteiger partial charge in [0.15, 0.2) is 0 Å². The molecule has 4 bridgehead atoms. The highest BCUT2D eigenvalue weighted by Gasteiger charge is 2.46. The van der Waals surface area contributed by atoms with Crippen molar-refractivity contribution < 1.29 is 8.42 Å².